The average molecular weight is 229 g/mol. The van der Waals surface area contributed by atoms with Gasteiger partial charge in [0.05, 0.1) is 18.5 Å². The Balaban J connectivity index is 2.08. The summed E-state index contributed by atoms with van der Waals surface area (Å²) < 4.78 is 5.15. The summed E-state index contributed by atoms with van der Waals surface area (Å²) in [7, 11) is 1.64. The summed E-state index contributed by atoms with van der Waals surface area (Å²) in [6.45, 7) is 0.686. The minimum atomic E-state index is 0.686. The van der Waals surface area contributed by atoms with Gasteiger partial charge in [-0.1, -0.05) is 6.07 Å². The molecule has 0 bridgehead atoms. The Morgan fingerprint density at radius 1 is 1.35 bits per heavy atom. The largest absolute Gasteiger partial charge is 0.497 e. The zero-order valence-electron chi connectivity index (χ0n) is 9.68. The first-order chi connectivity index (χ1) is 8.29. The lowest BCUT2D eigenvalue weighted by Crippen LogP contribution is -2.03. The van der Waals surface area contributed by atoms with E-state index in [2.05, 4.69) is 10.3 Å². The monoisotopic (exact) mass is 229 g/mol. The summed E-state index contributed by atoms with van der Waals surface area (Å²) in [5, 5.41) is 3.26. The molecule has 0 aliphatic rings. The molecule has 4 heteroatoms. The van der Waals surface area contributed by atoms with Gasteiger partial charge in [0.15, 0.2) is 0 Å². The molecule has 0 radical (unpaired) electrons. The molecular formula is C13H15N3O. The number of nitrogens with zero attached hydrogens (tertiary/aromatic N) is 1. The molecule has 1 aromatic heterocycles. The third-order valence-electron chi connectivity index (χ3n) is 2.47. The fourth-order valence-electron chi connectivity index (χ4n) is 1.52. The van der Waals surface area contributed by atoms with Crippen molar-refractivity contribution >= 4 is 11.4 Å². The minimum absolute atomic E-state index is 0.686. The van der Waals surface area contributed by atoms with Crippen LogP contribution in [0.1, 0.15) is 5.56 Å². The van der Waals surface area contributed by atoms with Crippen LogP contribution in [-0.2, 0) is 6.54 Å². The van der Waals surface area contributed by atoms with Crippen molar-refractivity contribution in [2.24, 2.45) is 0 Å². The molecule has 17 heavy (non-hydrogen) atoms. The van der Waals surface area contributed by atoms with Gasteiger partial charge in [-0.15, -0.1) is 0 Å². The molecule has 0 amide bonds. The molecule has 0 fully saturated rings. The Morgan fingerprint density at radius 2 is 2.24 bits per heavy atom. The fraction of sp³-hybridized carbons (Fsp3) is 0.154. The maximum Gasteiger partial charge on any atom is 0.121 e. The van der Waals surface area contributed by atoms with Crippen LogP contribution in [0.25, 0.3) is 0 Å². The van der Waals surface area contributed by atoms with Crippen molar-refractivity contribution in [2.45, 2.75) is 6.54 Å². The summed E-state index contributed by atoms with van der Waals surface area (Å²) in [5.41, 5.74) is 8.55. The number of anilines is 2. The lowest BCUT2D eigenvalue weighted by atomic mass is 10.2. The van der Waals surface area contributed by atoms with E-state index in [1.54, 1.807) is 13.3 Å². The first kappa shape index (κ1) is 11.3. The first-order valence-electron chi connectivity index (χ1n) is 5.36. The van der Waals surface area contributed by atoms with Gasteiger partial charge < -0.3 is 15.8 Å². The van der Waals surface area contributed by atoms with E-state index >= 15 is 0 Å². The maximum atomic E-state index is 5.87. The third-order valence-corrected chi connectivity index (χ3v) is 2.47. The summed E-state index contributed by atoms with van der Waals surface area (Å²) in [4.78, 5) is 4.06. The van der Waals surface area contributed by atoms with Crippen LogP contribution in [0.15, 0.2) is 42.7 Å². The smallest absolute Gasteiger partial charge is 0.121 e. The molecule has 0 atom stereocenters. The van der Waals surface area contributed by atoms with Crippen molar-refractivity contribution in [1.29, 1.82) is 0 Å². The number of nitrogen functional groups attached to an aromatic ring is 1. The fourth-order valence-corrected chi connectivity index (χ4v) is 1.52. The Labute approximate surface area is 100 Å². The molecule has 1 heterocycles. The molecule has 0 aliphatic carbocycles. The van der Waals surface area contributed by atoms with Gasteiger partial charge in [-0.25, -0.2) is 0 Å². The molecule has 3 N–H and O–H groups in total. The number of pyridine rings is 1. The van der Waals surface area contributed by atoms with Gasteiger partial charge in [0.1, 0.15) is 5.75 Å². The van der Waals surface area contributed by atoms with Crippen LogP contribution in [0, 0.1) is 0 Å². The topological polar surface area (TPSA) is 60.2 Å². The second-order valence-electron chi connectivity index (χ2n) is 3.67. The van der Waals surface area contributed by atoms with E-state index in [-0.39, 0.29) is 0 Å². The van der Waals surface area contributed by atoms with Gasteiger partial charge in [0.2, 0.25) is 0 Å². The lowest BCUT2D eigenvalue weighted by molar-refractivity contribution is 0.415. The Hall–Kier alpha value is -2.23. The van der Waals surface area contributed by atoms with Gasteiger partial charge in [-0.05, 0) is 23.8 Å². The molecule has 0 aliphatic heterocycles. The Kier molecular flexibility index (Phi) is 3.45. The number of ether oxygens (including phenoxy) is 1. The second-order valence-corrected chi connectivity index (χ2v) is 3.67. The number of aromatic nitrogens is 1. The zero-order chi connectivity index (χ0) is 12.1. The number of nitrogens with two attached hydrogens (primary N) is 1. The minimum Gasteiger partial charge on any atom is -0.497 e. The van der Waals surface area contributed by atoms with E-state index in [9.17, 15) is 0 Å². The van der Waals surface area contributed by atoms with Crippen molar-refractivity contribution in [3.8, 4) is 5.75 Å². The van der Waals surface area contributed by atoms with E-state index in [0.29, 0.717) is 12.2 Å². The number of hydrogen-bond acceptors (Lipinski definition) is 4. The summed E-state index contributed by atoms with van der Waals surface area (Å²) in [6.07, 6.45) is 3.58. The predicted octanol–water partition coefficient (Wildman–Crippen LogP) is 2.28. The number of nitrogens with one attached hydrogen (secondary N) is 1. The SMILES string of the molecule is COc1ccc(N)c(NCc2cccnc2)c1. The average Bonchev–Trinajstić information content (AvgIpc) is 2.39. The van der Waals surface area contributed by atoms with Crippen LogP contribution >= 0.6 is 0 Å². The highest BCUT2D eigenvalue weighted by Gasteiger charge is 2.01. The zero-order valence-corrected chi connectivity index (χ0v) is 9.68. The molecule has 0 saturated carbocycles. The number of hydrogen-bond donors (Lipinski definition) is 2. The van der Waals surface area contributed by atoms with Crippen LogP contribution in [-0.4, -0.2) is 12.1 Å². The normalized spacial score (nSPS) is 9.94. The second kappa shape index (κ2) is 5.21. The van der Waals surface area contributed by atoms with Crippen molar-refractivity contribution < 1.29 is 4.74 Å². The van der Waals surface area contributed by atoms with Gasteiger partial charge in [0, 0.05) is 25.0 Å². The molecule has 88 valence electrons. The number of methoxy groups -OCH3 is 1. The molecule has 2 rings (SSSR count). The van der Waals surface area contributed by atoms with Gasteiger partial charge in [0.25, 0.3) is 0 Å². The summed E-state index contributed by atoms with van der Waals surface area (Å²) in [5.74, 6) is 0.785. The van der Waals surface area contributed by atoms with Gasteiger partial charge in [-0.2, -0.15) is 0 Å². The van der Waals surface area contributed by atoms with E-state index < -0.39 is 0 Å². The highest BCUT2D eigenvalue weighted by atomic mass is 16.5. The molecule has 2 aromatic rings. The van der Waals surface area contributed by atoms with Crippen molar-refractivity contribution in [3.05, 3.63) is 48.3 Å². The molecule has 4 nitrogen and oxygen atoms in total. The van der Waals surface area contributed by atoms with Crippen LogP contribution < -0.4 is 15.8 Å². The number of rotatable bonds is 4. The van der Waals surface area contributed by atoms with Crippen LogP contribution in [0.3, 0.4) is 0 Å². The van der Waals surface area contributed by atoms with Crippen LogP contribution in [0.2, 0.25) is 0 Å². The third kappa shape index (κ3) is 2.87. The van der Waals surface area contributed by atoms with Crippen molar-refractivity contribution in [3.63, 3.8) is 0 Å². The predicted molar refractivity (Wildman–Crippen MR) is 69.0 cm³/mol. The summed E-state index contributed by atoms with van der Waals surface area (Å²) >= 11 is 0. The molecule has 1 aromatic carbocycles. The van der Waals surface area contributed by atoms with E-state index in [1.807, 2.05) is 36.5 Å². The highest BCUT2D eigenvalue weighted by molar-refractivity contribution is 5.68. The molecule has 0 spiro atoms. The van der Waals surface area contributed by atoms with Crippen LogP contribution in [0.4, 0.5) is 11.4 Å². The van der Waals surface area contributed by atoms with Crippen molar-refractivity contribution in [1.82, 2.24) is 4.98 Å². The lowest BCUT2D eigenvalue weighted by Gasteiger charge is -2.10. The first-order valence-corrected chi connectivity index (χ1v) is 5.36. The maximum absolute atomic E-state index is 5.87. The molecule has 0 saturated heterocycles. The van der Waals surface area contributed by atoms with Crippen molar-refractivity contribution in [2.75, 3.05) is 18.2 Å². The van der Waals surface area contributed by atoms with Gasteiger partial charge in [-0.3, -0.25) is 4.98 Å². The standard InChI is InChI=1S/C13H15N3O/c1-17-11-4-5-12(14)13(7-11)16-9-10-3-2-6-15-8-10/h2-8,16H,9,14H2,1H3. The molecule has 0 unspecified atom stereocenters. The van der Waals surface area contributed by atoms with E-state index in [0.717, 1.165) is 17.0 Å². The van der Waals surface area contributed by atoms with Crippen LogP contribution in [0.5, 0.6) is 5.75 Å². The van der Waals surface area contributed by atoms with E-state index in [4.69, 9.17) is 10.5 Å². The highest BCUT2D eigenvalue weighted by Crippen LogP contribution is 2.24. The Morgan fingerprint density at radius 3 is 2.94 bits per heavy atom. The van der Waals surface area contributed by atoms with E-state index in [1.165, 1.54) is 0 Å². The Bertz CT molecular complexity index is 485. The summed E-state index contributed by atoms with van der Waals surface area (Å²) in [6, 6.07) is 9.46. The van der Waals surface area contributed by atoms with Gasteiger partial charge >= 0.3 is 0 Å². The number of benzene rings is 1. The molecular weight excluding hydrogens is 214 g/mol. The quantitative estimate of drug-likeness (QED) is 0.790.